The summed E-state index contributed by atoms with van der Waals surface area (Å²) in [6.45, 7) is -2.03. The van der Waals surface area contributed by atoms with Crippen molar-refractivity contribution < 1.29 is 28.9 Å². The van der Waals surface area contributed by atoms with Crippen LogP contribution >= 0.6 is 18.2 Å². The van der Waals surface area contributed by atoms with Crippen molar-refractivity contribution in [2.75, 3.05) is 6.66 Å². The molecule has 0 bridgehead atoms. The van der Waals surface area contributed by atoms with Gasteiger partial charge in [-0.15, -0.1) is 0 Å². The first-order valence-corrected chi connectivity index (χ1v) is 7.45. The van der Waals surface area contributed by atoms with E-state index in [1.165, 1.54) is 0 Å². The third-order valence-corrected chi connectivity index (χ3v) is 3.83. The lowest BCUT2D eigenvalue weighted by atomic mass is 10.2. The lowest BCUT2D eigenvalue weighted by Crippen LogP contribution is -2.34. The normalized spacial score (nSPS) is 16.7. The van der Waals surface area contributed by atoms with E-state index < -0.39 is 24.5 Å². The van der Waals surface area contributed by atoms with Crippen LogP contribution in [0.15, 0.2) is 0 Å². The molecule has 0 spiro atoms. The molecule has 7 nitrogen and oxygen atoms in total. The molecule has 0 aromatic heterocycles. The molecule has 0 aliphatic carbocycles. The second-order valence-electron chi connectivity index (χ2n) is 2.88. The highest BCUT2D eigenvalue weighted by Gasteiger charge is 2.26. The summed E-state index contributed by atoms with van der Waals surface area (Å²) in [4.78, 5) is 20.9. The lowest BCUT2D eigenvalue weighted by molar-refractivity contribution is -0.140. The summed E-state index contributed by atoms with van der Waals surface area (Å²) in [7, 11) is 0. The van der Waals surface area contributed by atoms with Crippen molar-refractivity contribution in [2.24, 2.45) is 0 Å². The molecule has 4 N–H and O–H groups in total. The third kappa shape index (κ3) is 6.51. The summed E-state index contributed by atoms with van der Waals surface area (Å²) < 4.78 is 19.9. The van der Waals surface area contributed by atoms with Crippen molar-refractivity contribution in [3.63, 3.8) is 0 Å². The van der Waals surface area contributed by atoms with Crippen molar-refractivity contribution in [1.29, 1.82) is 0 Å². The van der Waals surface area contributed by atoms with Gasteiger partial charge in [-0.1, -0.05) is 0 Å². The molecule has 1 unspecified atom stereocenters. The van der Waals surface area contributed by atoms with Crippen molar-refractivity contribution in [1.82, 2.24) is 5.09 Å². The van der Waals surface area contributed by atoms with Gasteiger partial charge in [0.25, 0.3) is 0 Å². The molecule has 0 amide bonds. The second kappa shape index (κ2) is 6.12. The molecule has 9 heteroatoms. The zero-order valence-electron chi connectivity index (χ0n) is 7.91. The largest absolute Gasteiger partial charge is 0.481 e. The number of carboxylic acids is 2. The van der Waals surface area contributed by atoms with Gasteiger partial charge >= 0.3 is 11.9 Å². The number of carbonyl (C=O) groups is 2. The molecule has 0 radical (unpaired) electrons. The Bertz CT molecular complexity index is 295. The SMILES string of the molecule is CP(=O)(N[C@@H](CCC(=O)O)C(=O)O)SO. The van der Waals surface area contributed by atoms with Crippen LogP contribution in [0.25, 0.3) is 0 Å². The number of nitrogens with one attached hydrogen (secondary N) is 1. The number of carboxylic acid groups (broad SMARTS) is 2. The zero-order chi connectivity index (χ0) is 12.1. The molecule has 0 aliphatic rings. The molecule has 0 saturated carbocycles. The van der Waals surface area contributed by atoms with E-state index in [4.69, 9.17) is 14.8 Å². The Kier molecular flexibility index (Phi) is 5.89. The van der Waals surface area contributed by atoms with Gasteiger partial charge in [-0.2, -0.15) is 0 Å². The molecule has 0 aromatic rings. The van der Waals surface area contributed by atoms with Crippen LogP contribution in [0.4, 0.5) is 0 Å². The summed E-state index contributed by atoms with van der Waals surface area (Å²) in [5.41, 5.74) is 0. The van der Waals surface area contributed by atoms with Crippen molar-refractivity contribution in [3.8, 4) is 0 Å². The van der Waals surface area contributed by atoms with Gasteiger partial charge in [0.15, 0.2) is 0 Å². The Hall–Kier alpha value is -0.560. The van der Waals surface area contributed by atoms with Crippen LogP contribution in [0, 0.1) is 0 Å². The highest BCUT2D eigenvalue weighted by molar-refractivity contribution is 8.54. The van der Waals surface area contributed by atoms with E-state index >= 15 is 0 Å². The Labute approximate surface area is 90.2 Å². The molecule has 0 saturated heterocycles. The molecule has 0 heterocycles. The first-order valence-electron chi connectivity index (χ1n) is 3.91. The lowest BCUT2D eigenvalue weighted by Gasteiger charge is -2.16. The van der Waals surface area contributed by atoms with E-state index in [9.17, 15) is 14.2 Å². The molecule has 15 heavy (non-hydrogen) atoms. The van der Waals surface area contributed by atoms with Gasteiger partial charge in [-0.05, 0) is 6.42 Å². The van der Waals surface area contributed by atoms with E-state index in [2.05, 4.69) is 5.09 Å². The van der Waals surface area contributed by atoms with Gasteiger partial charge in [0.2, 0.25) is 6.49 Å². The predicted octanol–water partition coefficient (Wildman–Crippen LogP) is 0.923. The van der Waals surface area contributed by atoms with Gasteiger partial charge in [-0.3, -0.25) is 14.2 Å². The third-order valence-electron chi connectivity index (χ3n) is 1.49. The predicted molar refractivity (Wildman–Crippen MR) is 55.2 cm³/mol. The Balaban J connectivity index is 4.35. The Morgan fingerprint density at radius 2 is 2.00 bits per heavy atom. The first kappa shape index (κ1) is 14.4. The van der Waals surface area contributed by atoms with Gasteiger partial charge in [-0.25, -0.2) is 5.09 Å². The van der Waals surface area contributed by atoms with Gasteiger partial charge in [0.05, 0.1) is 11.7 Å². The maximum atomic E-state index is 11.3. The molecule has 0 aliphatic heterocycles. The number of rotatable bonds is 7. The van der Waals surface area contributed by atoms with Crippen molar-refractivity contribution in [2.45, 2.75) is 18.9 Å². The van der Waals surface area contributed by atoms with Crippen molar-refractivity contribution in [3.05, 3.63) is 0 Å². The number of hydrogen-bond donors (Lipinski definition) is 4. The van der Waals surface area contributed by atoms with E-state index in [1.54, 1.807) is 0 Å². The van der Waals surface area contributed by atoms with Gasteiger partial charge < -0.3 is 14.8 Å². The first-order chi connectivity index (χ1) is 6.78. The van der Waals surface area contributed by atoms with Gasteiger partial charge in [0, 0.05) is 13.1 Å². The molecule has 0 aromatic carbocycles. The summed E-state index contributed by atoms with van der Waals surface area (Å²) >= 11 is 0.0408. The van der Waals surface area contributed by atoms with Crippen molar-refractivity contribution >= 4 is 30.1 Å². The van der Waals surface area contributed by atoms with E-state index in [-0.39, 0.29) is 24.5 Å². The molecular weight excluding hydrogens is 245 g/mol. The van der Waals surface area contributed by atoms with Gasteiger partial charge in [0.1, 0.15) is 6.04 Å². The molecular formula is C6H12NO6PS. The van der Waals surface area contributed by atoms with Crippen LogP contribution in [-0.2, 0) is 14.2 Å². The number of hydrogen-bond acceptors (Lipinski definition) is 5. The fourth-order valence-electron chi connectivity index (χ4n) is 0.818. The minimum Gasteiger partial charge on any atom is -0.481 e. The monoisotopic (exact) mass is 257 g/mol. The average Bonchev–Trinajstić information content (AvgIpc) is 2.11. The summed E-state index contributed by atoms with van der Waals surface area (Å²) in [5, 5.41) is 19.2. The number of aliphatic carboxylic acids is 2. The minimum atomic E-state index is -3.19. The quantitative estimate of drug-likeness (QED) is 0.392. The smallest absolute Gasteiger partial charge is 0.321 e. The topological polar surface area (TPSA) is 124 Å². The van der Waals surface area contributed by atoms with Crippen LogP contribution < -0.4 is 5.09 Å². The van der Waals surface area contributed by atoms with Crippen LogP contribution in [0.3, 0.4) is 0 Å². The van der Waals surface area contributed by atoms with Crippen LogP contribution in [0.1, 0.15) is 12.8 Å². The fourth-order valence-corrected chi connectivity index (χ4v) is 2.19. The van der Waals surface area contributed by atoms with E-state index in [0.717, 1.165) is 6.66 Å². The average molecular weight is 257 g/mol. The molecule has 0 fully saturated rings. The maximum Gasteiger partial charge on any atom is 0.321 e. The van der Waals surface area contributed by atoms with E-state index in [0.29, 0.717) is 0 Å². The minimum absolute atomic E-state index is 0.0408. The highest BCUT2D eigenvalue weighted by Crippen LogP contribution is 2.49. The van der Waals surface area contributed by atoms with Crippen LogP contribution in [-0.4, -0.2) is 39.4 Å². The fraction of sp³-hybridized carbons (Fsp3) is 0.667. The van der Waals surface area contributed by atoms with Crippen LogP contribution in [0.5, 0.6) is 0 Å². The van der Waals surface area contributed by atoms with Crippen LogP contribution in [0.2, 0.25) is 0 Å². The Morgan fingerprint density at radius 1 is 1.47 bits per heavy atom. The zero-order valence-corrected chi connectivity index (χ0v) is 9.62. The second-order valence-corrected chi connectivity index (χ2v) is 7.57. The maximum absolute atomic E-state index is 11.3. The Morgan fingerprint density at radius 3 is 2.33 bits per heavy atom. The highest BCUT2D eigenvalue weighted by atomic mass is 32.7. The molecule has 88 valence electrons. The summed E-state index contributed by atoms with van der Waals surface area (Å²) in [6.07, 6.45) is -0.539. The summed E-state index contributed by atoms with van der Waals surface area (Å²) in [6, 6.07) is -1.24. The molecule has 0 rings (SSSR count). The summed E-state index contributed by atoms with van der Waals surface area (Å²) in [5.74, 6) is -2.43. The molecule has 2 atom stereocenters. The standard InChI is InChI=1S/C6H12NO6PS/c1-14(12,15-13)7-4(6(10)11)2-3-5(8)9/h4,13H,2-3H2,1H3,(H,7,12)(H,8,9)(H,10,11)/t4-,14?/m0/s1. The van der Waals surface area contributed by atoms with E-state index in [1.807, 2.05) is 0 Å².